The van der Waals surface area contributed by atoms with Crippen molar-refractivity contribution in [3.05, 3.63) is 65.4 Å². The van der Waals surface area contributed by atoms with Crippen LogP contribution in [0.5, 0.6) is 5.75 Å². The second kappa shape index (κ2) is 9.45. The minimum atomic E-state index is -0.606. The molecule has 0 spiro atoms. The van der Waals surface area contributed by atoms with Crippen molar-refractivity contribution in [2.75, 3.05) is 13.1 Å². The second-order valence-corrected chi connectivity index (χ2v) is 11.8. The number of ether oxygens (including phenoxy) is 2. The summed E-state index contributed by atoms with van der Waals surface area (Å²) in [5.41, 5.74) is 4.01. The van der Waals surface area contributed by atoms with Gasteiger partial charge in [0.05, 0.1) is 12.2 Å². The molecule has 200 valence electrons. The fourth-order valence-corrected chi connectivity index (χ4v) is 6.80. The molecule has 2 fully saturated rings. The van der Waals surface area contributed by atoms with Gasteiger partial charge in [0.15, 0.2) is 0 Å². The van der Waals surface area contributed by atoms with Crippen molar-refractivity contribution in [2.24, 2.45) is 11.8 Å². The molecule has 0 unspecified atom stereocenters. The van der Waals surface area contributed by atoms with Crippen LogP contribution in [0.2, 0.25) is 0 Å². The van der Waals surface area contributed by atoms with Crippen LogP contribution in [-0.4, -0.2) is 52.5 Å². The van der Waals surface area contributed by atoms with Crippen LogP contribution < -0.4 is 10.1 Å². The molecular weight excluding hydrogens is 478 g/mol. The lowest BCUT2D eigenvalue weighted by atomic mass is 9.70. The number of para-hydroxylation sites is 1. The average Bonchev–Trinajstić information content (AvgIpc) is 3.29. The number of hydrogen-bond acceptors (Lipinski definition) is 4. The molecule has 2 N–H and O–H groups in total. The van der Waals surface area contributed by atoms with Crippen LogP contribution in [0.3, 0.4) is 0 Å². The van der Waals surface area contributed by atoms with Crippen molar-refractivity contribution in [1.29, 1.82) is 0 Å². The smallest absolute Gasteiger partial charge is 0.245 e. The number of benzene rings is 2. The molecular formula is C31H37N3O4. The Morgan fingerprint density at radius 3 is 2.84 bits per heavy atom. The summed E-state index contributed by atoms with van der Waals surface area (Å²) in [5.74, 6) is 1.14. The predicted octanol–water partition coefficient (Wildman–Crippen LogP) is 4.69. The van der Waals surface area contributed by atoms with Crippen molar-refractivity contribution in [2.45, 2.75) is 70.8 Å². The van der Waals surface area contributed by atoms with E-state index < -0.39 is 6.04 Å². The summed E-state index contributed by atoms with van der Waals surface area (Å²) in [4.78, 5) is 31.1. The molecule has 0 saturated carbocycles. The Morgan fingerprint density at radius 1 is 1.21 bits per heavy atom. The summed E-state index contributed by atoms with van der Waals surface area (Å²) in [5, 5.41) is 4.01. The van der Waals surface area contributed by atoms with E-state index in [0.717, 1.165) is 40.6 Å². The third-order valence-electron chi connectivity index (χ3n) is 8.74. The van der Waals surface area contributed by atoms with Crippen LogP contribution in [0, 0.1) is 18.8 Å². The molecule has 7 heteroatoms. The molecule has 3 aliphatic rings. The number of amides is 2. The molecule has 2 saturated heterocycles. The van der Waals surface area contributed by atoms with Gasteiger partial charge in [0.1, 0.15) is 17.4 Å². The molecule has 3 aromatic rings. The minimum Gasteiger partial charge on any atom is -0.487 e. The molecule has 0 bridgehead atoms. The van der Waals surface area contributed by atoms with E-state index in [2.05, 4.69) is 49.3 Å². The van der Waals surface area contributed by atoms with E-state index in [1.807, 2.05) is 35.4 Å². The third kappa shape index (κ3) is 4.47. The van der Waals surface area contributed by atoms with Gasteiger partial charge < -0.3 is 24.7 Å². The van der Waals surface area contributed by atoms with Crippen molar-refractivity contribution < 1.29 is 19.1 Å². The summed E-state index contributed by atoms with van der Waals surface area (Å²) in [7, 11) is 0. The Bertz CT molecular complexity index is 1380. The quantitative estimate of drug-likeness (QED) is 0.528. The zero-order chi connectivity index (χ0) is 26.6. The van der Waals surface area contributed by atoms with Crippen LogP contribution >= 0.6 is 0 Å². The van der Waals surface area contributed by atoms with Crippen LogP contribution in [0.1, 0.15) is 56.4 Å². The normalized spacial score (nSPS) is 26.5. The van der Waals surface area contributed by atoms with Crippen LogP contribution in [0.4, 0.5) is 0 Å². The van der Waals surface area contributed by atoms with Gasteiger partial charge >= 0.3 is 0 Å². The first kappa shape index (κ1) is 25.0. The van der Waals surface area contributed by atoms with Gasteiger partial charge in [-0.1, -0.05) is 30.3 Å². The number of carbonyl (C=O) groups is 2. The highest BCUT2D eigenvalue weighted by molar-refractivity contribution is 5.89. The van der Waals surface area contributed by atoms with E-state index in [1.54, 1.807) is 0 Å². The zero-order valence-corrected chi connectivity index (χ0v) is 22.6. The number of likely N-dealkylation sites (tertiary alicyclic amines) is 1. The highest BCUT2D eigenvalue weighted by Crippen LogP contribution is 2.53. The monoisotopic (exact) mass is 515 g/mol. The Labute approximate surface area is 223 Å². The molecule has 5 atom stereocenters. The number of piperidine rings is 1. The average molecular weight is 516 g/mol. The van der Waals surface area contributed by atoms with Crippen LogP contribution in [0.15, 0.2) is 48.7 Å². The van der Waals surface area contributed by atoms with Crippen LogP contribution in [0.25, 0.3) is 10.9 Å². The highest BCUT2D eigenvalue weighted by atomic mass is 16.5. The SMILES string of the molecule is CC(=O)N[C@H](Cc1c[nH]c2ccccc12)C(=O)N1CC[C@@H]2O[C@@H]3c4ccc(C)cc4OC(C)(C)[C@H]3C[C@@H]2C1. The molecule has 1 aromatic heterocycles. The predicted molar refractivity (Wildman–Crippen MR) is 146 cm³/mol. The first-order valence-electron chi connectivity index (χ1n) is 13.8. The summed E-state index contributed by atoms with van der Waals surface area (Å²) >= 11 is 0. The zero-order valence-electron chi connectivity index (χ0n) is 22.6. The number of aryl methyl sites for hydroxylation is 1. The number of fused-ring (bicyclic) bond motifs is 5. The molecule has 0 aliphatic carbocycles. The van der Waals surface area contributed by atoms with Gasteiger partial charge in [-0.25, -0.2) is 0 Å². The highest BCUT2D eigenvalue weighted by Gasteiger charge is 2.51. The van der Waals surface area contributed by atoms with E-state index >= 15 is 0 Å². The Kier molecular flexibility index (Phi) is 6.22. The van der Waals surface area contributed by atoms with Gasteiger partial charge in [-0.3, -0.25) is 9.59 Å². The van der Waals surface area contributed by atoms with Crippen molar-refractivity contribution >= 4 is 22.7 Å². The number of carbonyl (C=O) groups excluding carboxylic acids is 2. The molecule has 2 amide bonds. The number of nitrogens with one attached hydrogen (secondary N) is 2. The molecule has 2 aromatic carbocycles. The van der Waals surface area contributed by atoms with Crippen molar-refractivity contribution in [1.82, 2.24) is 15.2 Å². The van der Waals surface area contributed by atoms with E-state index in [-0.39, 0.29) is 41.5 Å². The maximum Gasteiger partial charge on any atom is 0.245 e. The van der Waals surface area contributed by atoms with Crippen LogP contribution in [-0.2, 0) is 20.7 Å². The van der Waals surface area contributed by atoms with E-state index in [0.29, 0.717) is 19.5 Å². The van der Waals surface area contributed by atoms with Gasteiger partial charge in [-0.15, -0.1) is 0 Å². The fraction of sp³-hybridized carbons (Fsp3) is 0.484. The first-order chi connectivity index (χ1) is 18.2. The number of hydrogen-bond donors (Lipinski definition) is 2. The molecule has 7 nitrogen and oxygen atoms in total. The van der Waals surface area contributed by atoms with Gasteiger partial charge in [-0.05, 0) is 56.9 Å². The minimum absolute atomic E-state index is 0.00634. The maximum absolute atomic E-state index is 13.8. The number of aromatic amines is 1. The largest absolute Gasteiger partial charge is 0.487 e. The van der Waals surface area contributed by atoms with E-state index in [9.17, 15) is 9.59 Å². The molecule has 6 rings (SSSR count). The van der Waals surface area contributed by atoms with Crippen molar-refractivity contribution in [3.8, 4) is 5.75 Å². The van der Waals surface area contributed by atoms with Gasteiger partial charge in [-0.2, -0.15) is 0 Å². The number of H-pyrrole nitrogens is 1. The van der Waals surface area contributed by atoms with Gasteiger partial charge in [0.25, 0.3) is 0 Å². The Morgan fingerprint density at radius 2 is 2.03 bits per heavy atom. The second-order valence-electron chi connectivity index (χ2n) is 11.8. The lowest BCUT2D eigenvalue weighted by Gasteiger charge is -2.53. The molecule has 3 aliphatic heterocycles. The fourth-order valence-electron chi connectivity index (χ4n) is 6.80. The van der Waals surface area contributed by atoms with Gasteiger partial charge in [0.2, 0.25) is 11.8 Å². The summed E-state index contributed by atoms with van der Waals surface area (Å²) in [6.07, 6.45) is 4.24. The lowest BCUT2D eigenvalue weighted by Crippen LogP contribution is -2.58. The number of rotatable bonds is 4. The summed E-state index contributed by atoms with van der Waals surface area (Å²) in [6, 6.07) is 13.8. The molecule has 38 heavy (non-hydrogen) atoms. The number of aromatic nitrogens is 1. The third-order valence-corrected chi connectivity index (χ3v) is 8.74. The van der Waals surface area contributed by atoms with E-state index in [4.69, 9.17) is 9.47 Å². The van der Waals surface area contributed by atoms with E-state index in [1.165, 1.54) is 12.5 Å². The Hall–Kier alpha value is -3.32. The van der Waals surface area contributed by atoms with Gasteiger partial charge in [0, 0.05) is 60.9 Å². The molecule has 0 radical (unpaired) electrons. The van der Waals surface area contributed by atoms with Crippen molar-refractivity contribution in [3.63, 3.8) is 0 Å². The Balaban J connectivity index is 1.20. The standard InChI is InChI=1S/C31H37N3O4/c1-18-9-10-23-28(13-18)38-31(3,4)24-14-21-17-34(12-11-27(21)37-29(23)24)30(36)26(33-19(2)35)15-20-16-32-25-8-6-5-7-22(20)25/h5-10,13,16,21,24,26-27,29,32H,11-12,14-15,17H2,1-4H3,(H,33,35)/t21-,24+,26-,27+,29-/m1/s1. The summed E-state index contributed by atoms with van der Waals surface area (Å²) in [6.45, 7) is 9.12. The lowest BCUT2D eigenvalue weighted by molar-refractivity contribution is -0.189. The summed E-state index contributed by atoms with van der Waals surface area (Å²) < 4.78 is 13.3. The maximum atomic E-state index is 13.8. The number of nitrogens with zero attached hydrogens (tertiary/aromatic N) is 1. The molecule has 4 heterocycles. The topological polar surface area (TPSA) is 83.7 Å². The first-order valence-corrected chi connectivity index (χ1v) is 13.8.